The Balaban J connectivity index is 2.07. The molecule has 128 valence electrons. The first-order valence-electron chi connectivity index (χ1n) is 8.56. The van der Waals surface area contributed by atoms with Crippen LogP contribution in [0.1, 0.15) is 32.4 Å². The summed E-state index contributed by atoms with van der Waals surface area (Å²) in [6, 6.07) is 11.7. The molecule has 0 aliphatic carbocycles. The molecule has 0 saturated carbocycles. The fourth-order valence-corrected chi connectivity index (χ4v) is 2.55. The quantitative estimate of drug-likeness (QED) is 0.806. The second-order valence-corrected chi connectivity index (χ2v) is 5.82. The van der Waals surface area contributed by atoms with Crippen molar-refractivity contribution in [2.24, 2.45) is 0 Å². The van der Waals surface area contributed by atoms with Crippen molar-refractivity contribution in [3.8, 4) is 11.4 Å². The Morgan fingerprint density at radius 3 is 2.38 bits per heavy atom. The summed E-state index contributed by atoms with van der Waals surface area (Å²) in [7, 11) is 0. The molecule has 1 N–H and O–H groups in total. The molecule has 0 radical (unpaired) electrons. The third kappa shape index (κ3) is 5.05. The van der Waals surface area contributed by atoms with Gasteiger partial charge in [-0.05, 0) is 19.8 Å². The molecule has 0 aliphatic heterocycles. The predicted octanol–water partition coefficient (Wildman–Crippen LogP) is 3.51. The van der Waals surface area contributed by atoms with Gasteiger partial charge >= 0.3 is 0 Å². The number of carbonyl (C=O) groups is 1. The van der Waals surface area contributed by atoms with Gasteiger partial charge in [-0.2, -0.15) is 0 Å². The number of hydrogen-bond donors (Lipinski definition) is 1. The molecule has 0 saturated heterocycles. The molecule has 24 heavy (non-hydrogen) atoms. The van der Waals surface area contributed by atoms with Gasteiger partial charge in [-0.3, -0.25) is 4.79 Å². The number of aryl methyl sites for hydroxylation is 1. The molecule has 0 spiro atoms. The lowest BCUT2D eigenvalue weighted by Gasteiger charge is -2.21. The van der Waals surface area contributed by atoms with Crippen LogP contribution in [0.2, 0.25) is 0 Å². The fourth-order valence-electron chi connectivity index (χ4n) is 2.55. The molecule has 2 aromatic rings. The van der Waals surface area contributed by atoms with Crippen LogP contribution in [0.3, 0.4) is 0 Å². The van der Waals surface area contributed by atoms with Gasteiger partial charge in [-0.1, -0.05) is 44.2 Å². The van der Waals surface area contributed by atoms with Crippen LogP contribution >= 0.6 is 0 Å². The summed E-state index contributed by atoms with van der Waals surface area (Å²) >= 11 is 0. The zero-order chi connectivity index (χ0) is 17.4. The SMILES string of the molecule is CCCN(CCC)C(=O)CNc1cc(C)nc(-c2ccccc2)n1. The molecule has 0 bridgehead atoms. The third-order valence-electron chi connectivity index (χ3n) is 3.65. The average molecular weight is 326 g/mol. The number of hydrogen-bond acceptors (Lipinski definition) is 4. The van der Waals surface area contributed by atoms with Crippen LogP contribution in [-0.2, 0) is 4.79 Å². The second kappa shape index (κ2) is 9.01. The van der Waals surface area contributed by atoms with Crippen molar-refractivity contribution in [2.45, 2.75) is 33.6 Å². The van der Waals surface area contributed by atoms with Gasteiger partial charge in [-0.25, -0.2) is 9.97 Å². The number of aromatic nitrogens is 2. The Labute approximate surface area is 144 Å². The number of amides is 1. The van der Waals surface area contributed by atoms with E-state index in [-0.39, 0.29) is 12.5 Å². The lowest BCUT2D eigenvalue weighted by molar-refractivity contribution is -0.129. The Hall–Kier alpha value is -2.43. The first kappa shape index (κ1) is 17.9. The van der Waals surface area contributed by atoms with Gasteiger partial charge in [0.05, 0.1) is 6.54 Å². The minimum absolute atomic E-state index is 0.108. The highest BCUT2D eigenvalue weighted by Crippen LogP contribution is 2.17. The molecular formula is C19H26N4O. The van der Waals surface area contributed by atoms with Crippen molar-refractivity contribution >= 4 is 11.7 Å². The van der Waals surface area contributed by atoms with Crippen LogP contribution in [0.25, 0.3) is 11.4 Å². The largest absolute Gasteiger partial charge is 0.361 e. The van der Waals surface area contributed by atoms with Crippen LogP contribution in [0.5, 0.6) is 0 Å². The minimum atomic E-state index is 0.108. The maximum absolute atomic E-state index is 12.4. The maximum atomic E-state index is 12.4. The van der Waals surface area contributed by atoms with Crippen LogP contribution in [0, 0.1) is 6.92 Å². The average Bonchev–Trinajstić information content (AvgIpc) is 2.60. The second-order valence-electron chi connectivity index (χ2n) is 5.82. The molecule has 5 heteroatoms. The molecule has 2 rings (SSSR count). The van der Waals surface area contributed by atoms with E-state index in [0.29, 0.717) is 11.6 Å². The molecule has 1 heterocycles. The lowest BCUT2D eigenvalue weighted by Crippen LogP contribution is -2.36. The number of nitrogens with zero attached hydrogens (tertiary/aromatic N) is 3. The molecule has 0 unspecified atom stereocenters. The van der Waals surface area contributed by atoms with E-state index in [1.165, 1.54) is 0 Å². The molecule has 5 nitrogen and oxygen atoms in total. The summed E-state index contributed by atoms with van der Waals surface area (Å²) in [5.41, 5.74) is 1.84. The first-order chi connectivity index (χ1) is 11.6. The Morgan fingerprint density at radius 1 is 1.08 bits per heavy atom. The van der Waals surface area contributed by atoms with Crippen LogP contribution in [0.15, 0.2) is 36.4 Å². The summed E-state index contributed by atoms with van der Waals surface area (Å²) in [5, 5.41) is 3.15. The maximum Gasteiger partial charge on any atom is 0.241 e. The van der Waals surface area contributed by atoms with Crippen molar-refractivity contribution in [1.29, 1.82) is 0 Å². The minimum Gasteiger partial charge on any atom is -0.361 e. The Bertz CT molecular complexity index is 652. The molecule has 0 fully saturated rings. The molecule has 1 amide bonds. The molecule has 1 aromatic carbocycles. The molecule has 0 atom stereocenters. The number of carbonyl (C=O) groups excluding carboxylic acids is 1. The predicted molar refractivity (Wildman–Crippen MR) is 97.9 cm³/mol. The number of anilines is 1. The number of rotatable bonds is 8. The highest BCUT2D eigenvalue weighted by molar-refractivity contribution is 5.80. The van der Waals surface area contributed by atoms with Crippen molar-refractivity contribution in [1.82, 2.24) is 14.9 Å². The number of nitrogens with one attached hydrogen (secondary N) is 1. The third-order valence-corrected chi connectivity index (χ3v) is 3.65. The van der Waals surface area contributed by atoms with Crippen molar-refractivity contribution in [3.63, 3.8) is 0 Å². The van der Waals surface area contributed by atoms with Gasteiger partial charge in [0.15, 0.2) is 5.82 Å². The van der Waals surface area contributed by atoms with E-state index in [9.17, 15) is 4.79 Å². The van der Waals surface area contributed by atoms with E-state index >= 15 is 0 Å². The van der Waals surface area contributed by atoms with Gasteiger partial charge in [0, 0.05) is 30.4 Å². The standard InChI is InChI=1S/C19H26N4O/c1-4-11-23(12-5-2)18(24)14-20-17-13-15(3)21-19(22-17)16-9-7-6-8-10-16/h6-10,13H,4-5,11-12,14H2,1-3H3,(H,20,21,22). The highest BCUT2D eigenvalue weighted by atomic mass is 16.2. The van der Waals surface area contributed by atoms with E-state index in [1.807, 2.05) is 48.2 Å². The molecular weight excluding hydrogens is 300 g/mol. The van der Waals surface area contributed by atoms with Crippen molar-refractivity contribution in [2.75, 3.05) is 25.0 Å². The topological polar surface area (TPSA) is 58.1 Å². The van der Waals surface area contributed by atoms with E-state index in [0.717, 1.165) is 37.2 Å². The van der Waals surface area contributed by atoms with Crippen LogP contribution in [0.4, 0.5) is 5.82 Å². The zero-order valence-electron chi connectivity index (χ0n) is 14.7. The first-order valence-corrected chi connectivity index (χ1v) is 8.56. The van der Waals surface area contributed by atoms with Gasteiger partial charge in [0.25, 0.3) is 0 Å². The van der Waals surface area contributed by atoms with E-state index in [4.69, 9.17) is 0 Å². The van der Waals surface area contributed by atoms with E-state index < -0.39 is 0 Å². The smallest absolute Gasteiger partial charge is 0.241 e. The van der Waals surface area contributed by atoms with Gasteiger partial charge < -0.3 is 10.2 Å². The highest BCUT2D eigenvalue weighted by Gasteiger charge is 2.12. The summed E-state index contributed by atoms with van der Waals surface area (Å²) in [5.74, 6) is 1.46. The summed E-state index contributed by atoms with van der Waals surface area (Å²) in [6.07, 6.45) is 1.94. The molecule has 1 aromatic heterocycles. The van der Waals surface area contributed by atoms with E-state index in [2.05, 4.69) is 29.1 Å². The Kier molecular flexibility index (Phi) is 6.73. The Morgan fingerprint density at radius 2 is 1.75 bits per heavy atom. The molecule has 0 aliphatic rings. The van der Waals surface area contributed by atoms with Crippen molar-refractivity contribution in [3.05, 3.63) is 42.1 Å². The normalized spacial score (nSPS) is 10.5. The van der Waals surface area contributed by atoms with Crippen molar-refractivity contribution < 1.29 is 4.79 Å². The van der Waals surface area contributed by atoms with Gasteiger partial charge in [0.2, 0.25) is 5.91 Å². The summed E-state index contributed by atoms with van der Waals surface area (Å²) < 4.78 is 0. The zero-order valence-corrected chi connectivity index (χ0v) is 14.7. The summed E-state index contributed by atoms with van der Waals surface area (Å²) in [6.45, 7) is 7.96. The number of benzene rings is 1. The van der Waals surface area contributed by atoms with Crippen LogP contribution < -0.4 is 5.32 Å². The van der Waals surface area contributed by atoms with E-state index in [1.54, 1.807) is 0 Å². The monoisotopic (exact) mass is 326 g/mol. The fraction of sp³-hybridized carbons (Fsp3) is 0.421. The lowest BCUT2D eigenvalue weighted by atomic mass is 10.2. The van der Waals surface area contributed by atoms with Gasteiger partial charge in [0.1, 0.15) is 5.82 Å². The van der Waals surface area contributed by atoms with Crippen LogP contribution in [-0.4, -0.2) is 40.4 Å². The van der Waals surface area contributed by atoms with Gasteiger partial charge in [-0.15, -0.1) is 0 Å². The summed E-state index contributed by atoms with van der Waals surface area (Å²) in [4.78, 5) is 23.3.